The Morgan fingerprint density at radius 3 is 3.11 bits per heavy atom. The smallest absolute Gasteiger partial charge is 0.250 e. The molecule has 1 aliphatic heterocycles. The van der Waals surface area contributed by atoms with E-state index in [-0.39, 0.29) is 5.91 Å². The van der Waals surface area contributed by atoms with Crippen LogP contribution in [-0.4, -0.2) is 16.4 Å². The second-order valence-electron chi connectivity index (χ2n) is 5.77. The fourth-order valence-corrected chi connectivity index (χ4v) is 3.16. The molecule has 2 N–H and O–H groups in total. The summed E-state index contributed by atoms with van der Waals surface area (Å²) in [5.41, 5.74) is 1.43. The first-order valence-corrected chi connectivity index (χ1v) is 6.65. The molecule has 4 nitrogen and oxygen atoms in total. The van der Waals surface area contributed by atoms with Gasteiger partial charge in [-0.15, -0.1) is 0 Å². The van der Waals surface area contributed by atoms with Crippen molar-refractivity contribution in [3.63, 3.8) is 0 Å². The molecule has 2 aliphatic rings. The van der Waals surface area contributed by atoms with E-state index in [1.54, 1.807) is 0 Å². The van der Waals surface area contributed by atoms with Crippen molar-refractivity contribution in [2.24, 2.45) is 5.92 Å². The Kier molecular flexibility index (Phi) is 2.54. The van der Waals surface area contributed by atoms with Crippen LogP contribution in [0.1, 0.15) is 38.2 Å². The fraction of sp³-hybridized carbons (Fsp3) is 0.571. The van der Waals surface area contributed by atoms with E-state index in [1.165, 1.54) is 6.42 Å². The summed E-state index contributed by atoms with van der Waals surface area (Å²) in [7, 11) is 0. The molecule has 2 atom stereocenters. The second kappa shape index (κ2) is 3.97. The van der Waals surface area contributed by atoms with Gasteiger partial charge in [-0.25, -0.2) is 4.98 Å². The minimum atomic E-state index is -0.438. The molecule has 0 bridgehead atoms. The van der Waals surface area contributed by atoms with Crippen molar-refractivity contribution >= 4 is 17.4 Å². The minimum absolute atomic E-state index is 0.106. The third-order valence-electron chi connectivity index (χ3n) is 4.06. The molecule has 3 rings (SSSR count). The summed E-state index contributed by atoms with van der Waals surface area (Å²) in [5, 5.41) is 6.41. The van der Waals surface area contributed by atoms with Crippen LogP contribution < -0.4 is 10.6 Å². The average molecular weight is 245 g/mol. The molecule has 1 aromatic heterocycles. The van der Waals surface area contributed by atoms with Gasteiger partial charge in [-0.3, -0.25) is 4.79 Å². The van der Waals surface area contributed by atoms with E-state index in [0.29, 0.717) is 5.92 Å². The Bertz CT molecular complexity index is 500. The van der Waals surface area contributed by atoms with Crippen LogP contribution in [0.2, 0.25) is 0 Å². The molecule has 1 aliphatic carbocycles. The Morgan fingerprint density at radius 2 is 2.33 bits per heavy atom. The number of pyridine rings is 1. The maximum Gasteiger partial charge on any atom is 0.250 e. The standard InChI is InChI=1S/C14H19N3O/c1-9-4-3-5-14(7-9)13(18)16-11-6-10(2)8-15-12(11)17-14/h6,8-9H,3-5,7H2,1-2H3,(H,15,17)(H,16,18). The predicted molar refractivity (Wildman–Crippen MR) is 71.6 cm³/mol. The molecule has 0 aromatic carbocycles. The largest absolute Gasteiger partial charge is 0.354 e. The van der Waals surface area contributed by atoms with Gasteiger partial charge in [0.25, 0.3) is 0 Å². The molecule has 0 saturated heterocycles. The molecule has 1 saturated carbocycles. The van der Waals surface area contributed by atoms with Crippen molar-refractivity contribution in [1.82, 2.24) is 4.98 Å². The zero-order chi connectivity index (χ0) is 12.8. The third kappa shape index (κ3) is 1.76. The van der Waals surface area contributed by atoms with Crippen LogP contribution >= 0.6 is 0 Å². The lowest BCUT2D eigenvalue weighted by molar-refractivity contribution is -0.122. The highest BCUT2D eigenvalue weighted by Gasteiger charge is 2.44. The summed E-state index contributed by atoms with van der Waals surface area (Å²) in [6, 6.07) is 1.96. The van der Waals surface area contributed by atoms with E-state index in [0.717, 1.165) is 36.3 Å². The second-order valence-corrected chi connectivity index (χ2v) is 5.77. The number of rotatable bonds is 0. The van der Waals surface area contributed by atoms with Gasteiger partial charge in [-0.2, -0.15) is 0 Å². The zero-order valence-corrected chi connectivity index (χ0v) is 10.9. The Balaban J connectivity index is 1.96. The van der Waals surface area contributed by atoms with Crippen molar-refractivity contribution in [1.29, 1.82) is 0 Å². The Labute approximate surface area is 107 Å². The number of fused-ring (bicyclic) bond motifs is 1. The average Bonchev–Trinajstić information content (AvgIpc) is 2.31. The summed E-state index contributed by atoms with van der Waals surface area (Å²) in [6.07, 6.45) is 5.95. The molecule has 1 aromatic rings. The minimum Gasteiger partial charge on any atom is -0.354 e. The summed E-state index contributed by atoms with van der Waals surface area (Å²) in [4.78, 5) is 16.8. The molecule has 18 heavy (non-hydrogen) atoms. The zero-order valence-electron chi connectivity index (χ0n) is 10.9. The van der Waals surface area contributed by atoms with E-state index < -0.39 is 5.54 Å². The lowest BCUT2D eigenvalue weighted by Crippen LogP contribution is -2.55. The SMILES string of the molecule is Cc1cnc2c(c1)NC(=O)C1(CCCC(C)C1)N2. The number of carbonyl (C=O) groups excluding carboxylic acids is 1. The molecule has 4 heteroatoms. The number of aromatic nitrogens is 1. The molecule has 2 unspecified atom stereocenters. The Morgan fingerprint density at radius 1 is 1.50 bits per heavy atom. The number of nitrogens with one attached hydrogen (secondary N) is 2. The summed E-state index contributed by atoms with van der Waals surface area (Å²) in [6.45, 7) is 4.19. The van der Waals surface area contributed by atoms with Crippen molar-refractivity contribution in [2.45, 2.75) is 45.1 Å². The summed E-state index contributed by atoms with van der Waals surface area (Å²) < 4.78 is 0. The van der Waals surface area contributed by atoms with Gasteiger partial charge in [0.2, 0.25) is 5.91 Å². The number of nitrogens with zero attached hydrogens (tertiary/aromatic N) is 1. The van der Waals surface area contributed by atoms with Crippen molar-refractivity contribution < 1.29 is 4.79 Å². The van der Waals surface area contributed by atoms with Gasteiger partial charge >= 0.3 is 0 Å². The van der Waals surface area contributed by atoms with E-state index >= 15 is 0 Å². The van der Waals surface area contributed by atoms with Crippen molar-refractivity contribution in [3.05, 3.63) is 17.8 Å². The first-order valence-electron chi connectivity index (χ1n) is 6.65. The number of hydrogen-bond acceptors (Lipinski definition) is 3. The topological polar surface area (TPSA) is 54.0 Å². The van der Waals surface area contributed by atoms with Crippen LogP contribution in [-0.2, 0) is 4.79 Å². The summed E-state index contributed by atoms with van der Waals surface area (Å²) >= 11 is 0. The molecule has 1 fully saturated rings. The number of carbonyl (C=O) groups is 1. The van der Waals surface area contributed by atoms with Gasteiger partial charge in [-0.05, 0) is 37.3 Å². The van der Waals surface area contributed by atoms with Crippen molar-refractivity contribution in [2.75, 3.05) is 10.6 Å². The van der Waals surface area contributed by atoms with Gasteiger partial charge in [-0.1, -0.05) is 19.8 Å². The highest BCUT2D eigenvalue weighted by molar-refractivity contribution is 6.05. The molecule has 2 heterocycles. The van der Waals surface area contributed by atoms with Crippen LogP contribution in [0.25, 0.3) is 0 Å². The van der Waals surface area contributed by atoms with Gasteiger partial charge in [0.05, 0.1) is 5.69 Å². The lowest BCUT2D eigenvalue weighted by atomic mass is 9.75. The molecule has 1 amide bonds. The highest BCUT2D eigenvalue weighted by atomic mass is 16.2. The lowest BCUT2D eigenvalue weighted by Gasteiger charge is -2.42. The van der Waals surface area contributed by atoms with Gasteiger partial charge < -0.3 is 10.6 Å². The maximum absolute atomic E-state index is 12.4. The number of aryl methyl sites for hydroxylation is 1. The summed E-state index contributed by atoms with van der Waals surface area (Å²) in [5.74, 6) is 1.51. The normalized spacial score (nSPS) is 30.6. The first-order chi connectivity index (χ1) is 8.59. The molecule has 96 valence electrons. The van der Waals surface area contributed by atoms with Gasteiger partial charge in [0.15, 0.2) is 5.82 Å². The monoisotopic (exact) mass is 245 g/mol. The quantitative estimate of drug-likeness (QED) is 0.739. The third-order valence-corrected chi connectivity index (χ3v) is 4.06. The maximum atomic E-state index is 12.4. The predicted octanol–water partition coefficient (Wildman–Crippen LogP) is 2.70. The molecular weight excluding hydrogens is 226 g/mol. The van der Waals surface area contributed by atoms with E-state index in [9.17, 15) is 4.79 Å². The van der Waals surface area contributed by atoms with Gasteiger partial charge in [0, 0.05) is 6.20 Å². The first kappa shape index (κ1) is 11.5. The molecule has 0 radical (unpaired) electrons. The van der Waals surface area contributed by atoms with Crippen LogP contribution in [0, 0.1) is 12.8 Å². The van der Waals surface area contributed by atoms with Crippen molar-refractivity contribution in [3.8, 4) is 0 Å². The van der Waals surface area contributed by atoms with Crippen LogP contribution in [0.3, 0.4) is 0 Å². The van der Waals surface area contributed by atoms with Crippen LogP contribution in [0.15, 0.2) is 12.3 Å². The van der Waals surface area contributed by atoms with Crippen LogP contribution in [0.5, 0.6) is 0 Å². The van der Waals surface area contributed by atoms with E-state index in [4.69, 9.17) is 0 Å². The molecular formula is C14H19N3O. The van der Waals surface area contributed by atoms with Gasteiger partial charge in [0.1, 0.15) is 5.54 Å². The highest BCUT2D eigenvalue weighted by Crippen LogP contribution is 2.40. The number of hydrogen-bond donors (Lipinski definition) is 2. The number of amides is 1. The van der Waals surface area contributed by atoms with E-state index in [2.05, 4.69) is 22.5 Å². The van der Waals surface area contributed by atoms with Crippen LogP contribution in [0.4, 0.5) is 11.5 Å². The molecule has 1 spiro atoms. The Hall–Kier alpha value is -1.58. The fourth-order valence-electron chi connectivity index (χ4n) is 3.16. The number of anilines is 2. The van der Waals surface area contributed by atoms with E-state index in [1.807, 2.05) is 19.2 Å².